The van der Waals surface area contributed by atoms with Gasteiger partial charge in [-0.25, -0.2) is 4.98 Å². The third-order valence-electron chi connectivity index (χ3n) is 7.47. The molecule has 1 aliphatic rings. The molecule has 0 bridgehead atoms. The molecule has 4 aromatic rings. The van der Waals surface area contributed by atoms with Gasteiger partial charge in [0.1, 0.15) is 0 Å². The molecule has 0 unspecified atom stereocenters. The molecular weight excluding hydrogens is 573 g/mol. The first kappa shape index (κ1) is 34.4. The minimum Gasteiger partial charge on any atom is -0.550 e. The van der Waals surface area contributed by atoms with E-state index in [2.05, 4.69) is 55.1 Å². The number of fused-ring (bicyclic) bond motifs is 1. The predicted octanol–water partition coefficient (Wildman–Crippen LogP) is 4.30. The quantitative estimate of drug-likeness (QED) is 0.208. The van der Waals surface area contributed by atoms with E-state index < -0.39 is 11.6 Å². The van der Waals surface area contributed by atoms with E-state index in [1.165, 1.54) is 11.1 Å². The number of aromatic nitrogens is 1. The number of thiol groups is 1. The minimum atomic E-state index is -0.943. The van der Waals surface area contributed by atoms with Crippen molar-refractivity contribution in [1.82, 2.24) is 4.98 Å². The van der Waals surface area contributed by atoms with Gasteiger partial charge in [-0.15, -0.1) is 0 Å². The molecular formula is C35H37ClNNaO3S. The van der Waals surface area contributed by atoms with Crippen LogP contribution in [0.5, 0.6) is 0 Å². The number of carboxylic acids is 1. The van der Waals surface area contributed by atoms with E-state index in [0.717, 1.165) is 59.8 Å². The molecule has 0 spiro atoms. The van der Waals surface area contributed by atoms with Gasteiger partial charge in [0.05, 0.1) is 16.8 Å². The average Bonchev–Trinajstić information content (AvgIpc) is 3.71. The zero-order chi connectivity index (χ0) is 29.5. The fourth-order valence-corrected chi connectivity index (χ4v) is 5.52. The molecule has 1 aliphatic carbocycles. The van der Waals surface area contributed by atoms with Crippen LogP contribution in [-0.2, 0) is 23.2 Å². The zero-order valence-electron chi connectivity index (χ0n) is 24.6. The fourth-order valence-electron chi connectivity index (χ4n) is 4.92. The molecule has 1 N–H and O–H groups in total. The second kappa shape index (κ2) is 15.6. The first-order valence-corrected chi connectivity index (χ1v) is 15.0. The van der Waals surface area contributed by atoms with Crippen LogP contribution in [0.1, 0.15) is 67.5 Å². The van der Waals surface area contributed by atoms with Gasteiger partial charge in [-0.2, -0.15) is 12.6 Å². The minimum absolute atomic E-state index is 0. The van der Waals surface area contributed by atoms with E-state index in [0.29, 0.717) is 10.8 Å². The maximum absolute atomic E-state index is 10.4. The van der Waals surface area contributed by atoms with Gasteiger partial charge < -0.3 is 15.0 Å². The molecule has 0 amide bonds. The van der Waals surface area contributed by atoms with E-state index in [1.807, 2.05) is 62.4 Å². The average molecular weight is 610 g/mol. The fraction of sp³-hybridized carbons (Fsp3) is 0.314. The summed E-state index contributed by atoms with van der Waals surface area (Å²) in [7, 11) is 0. The Morgan fingerprint density at radius 1 is 1.02 bits per heavy atom. The third-order valence-corrected chi connectivity index (χ3v) is 8.38. The summed E-state index contributed by atoms with van der Waals surface area (Å²) in [5, 5.41) is 22.3. The van der Waals surface area contributed by atoms with Crippen LogP contribution >= 0.6 is 24.2 Å². The van der Waals surface area contributed by atoms with Crippen molar-refractivity contribution < 1.29 is 44.6 Å². The second-order valence-corrected chi connectivity index (χ2v) is 12.2. The number of hydrogen-bond acceptors (Lipinski definition) is 5. The Morgan fingerprint density at radius 3 is 2.43 bits per heavy atom. The normalized spacial score (nSPS) is 13.7. The largest absolute Gasteiger partial charge is 1.00 e. The van der Waals surface area contributed by atoms with Gasteiger partial charge in [-0.1, -0.05) is 78.3 Å². The standard InChI is InChI=1S/C29H28ClNO.C6H10O2S.Na/c1-29(2,32)27-12-4-3-10-23(27)11-6-9-21-7-5-8-22(19-21)13-17-26-18-15-24-14-16-25(30)20-28(24)31-26;7-5(8)3-6(4-9)1-2-6;/h3-5,7-8,10,12-20,32H,6,9,11H2,1-2H3;9H,1-4H2,(H,7,8);/q;;+1/p-1/b17-13+;;. The van der Waals surface area contributed by atoms with Crippen LogP contribution in [0.4, 0.5) is 0 Å². The van der Waals surface area contributed by atoms with Gasteiger partial charge >= 0.3 is 29.6 Å². The van der Waals surface area contributed by atoms with Crippen LogP contribution in [0.15, 0.2) is 78.9 Å². The third kappa shape index (κ3) is 10.3. The number of carbonyl (C=O) groups excluding carboxylic acids is 1. The Bertz CT molecular complexity index is 1530. The van der Waals surface area contributed by atoms with E-state index in [-0.39, 0.29) is 41.4 Å². The number of halogens is 1. The van der Waals surface area contributed by atoms with Crippen LogP contribution in [0.3, 0.4) is 0 Å². The summed E-state index contributed by atoms with van der Waals surface area (Å²) in [6, 6.07) is 26.7. The molecule has 42 heavy (non-hydrogen) atoms. The summed E-state index contributed by atoms with van der Waals surface area (Å²) in [5.41, 5.74) is 5.72. The van der Waals surface area contributed by atoms with Gasteiger partial charge in [-0.05, 0) is 110 Å². The summed E-state index contributed by atoms with van der Waals surface area (Å²) in [6.45, 7) is 3.70. The monoisotopic (exact) mass is 609 g/mol. The van der Waals surface area contributed by atoms with E-state index >= 15 is 0 Å². The molecule has 5 rings (SSSR count). The zero-order valence-corrected chi connectivity index (χ0v) is 28.3. The number of hydrogen-bond donors (Lipinski definition) is 2. The number of aryl methyl sites for hydroxylation is 2. The number of aliphatic hydroxyl groups is 1. The topological polar surface area (TPSA) is 73.2 Å². The number of carboxylic acid groups (broad SMARTS) is 1. The SMILES string of the molecule is CC(C)(O)c1ccccc1CCCc1cccc(/C=C/c2ccc3ccc(Cl)cc3n2)c1.O=C([O-])CC1(CS)CC1.[Na+]. The van der Waals surface area contributed by atoms with Crippen molar-refractivity contribution >= 4 is 53.3 Å². The molecule has 1 saturated carbocycles. The van der Waals surface area contributed by atoms with Gasteiger partial charge in [-0.3, -0.25) is 0 Å². The molecule has 0 radical (unpaired) electrons. The molecule has 4 nitrogen and oxygen atoms in total. The maximum atomic E-state index is 10.4. The number of benzene rings is 3. The number of aliphatic carboxylic acids is 1. The van der Waals surface area contributed by atoms with Crippen molar-refractivity contribution in [2.45, 2.75) is 58.0 Å². The molecule has 1 aromatic heterocycles. The molecule has 0 saturated heterocycles. The molecule has 1 heterocycles. The summed E-state index contributed by atoms with van der Waals surface area (Å²) in [4.78, 5) is 14.8. The number of rotatable bonds is 10. The maximum Gasteiger partial charge on any atom is 1.00 e. The van der Waals surface area contributed by atoms with Crippen molar-refractivity contribution in [3.8, 4) is 0 Å². The Kier molecular flexibility index (Phi) is 12.7. The summed E-state index contributed by atoms with van der Waals surface area (Å²) in [5.74, 6) is -0.261. The van der Waals surface area contributed by atoms with Crippen molar-refractivity contribution in [3.63, 3.8) is 0 Å². The van der Waals surface area contributed by atoms with Gasteiger partial charge in [0.25, 0.3) is 0 Å². The van der Waals surface area contributed by atoms with Gasteiger partial charge in [0.15, 0.2) is 0 Å². The van der Waals surface area contributed by atoms with E-state index in [1.54, 1.807) is 0 Å². The van der Waals surface area contributed by atoms with Crippen molar-refractivity contribution in [3.05, 3.63) is 112 Å². The summed E-state index contributed by atoms with van der Waals surface area (Å²) >= 11 is 10.1. The number of nitrogens with zero attached hydrogens (tertiary/aromatic N) is 1. The van der Waals surface area contributed by atoms with Gasteiger partial charge in [0, 0.05) is 16.4 Å². The molecule has 7 heteroatoms. The molecule has 214 valence electrons. The summed E-state index contributed by atoms with van der Waals surface area (Å²) in [6.07, 6.45) is 9.32. The molecule has 0 atom stereocenters. The Balaban J connectivity index is 0.000000415. The first-order chi connectivity index (χ1) is 19.6. The Hall–Kier alpha value is -2.12. The van der Waals surface area contributed by atoms with Crippen LogP contribution in [0.25, 0.3) is 23.1 Å². The van der Waals surface area contributed by atoms with Crippen molar-refractivity contribution in [2.24, 2.45) is 5.41 Å². The Morgan fingerprint density at radius 2 is 1.76 bits per heavy atom. The van der Waals surface area contributed by atoms with Gasteiger partial charge in [0.2, 0.25) is 0 Å². The van der Waals surface area contributed by atoms with Crippen LogP contribution in [0.2, 0.25) is 5.02 Å². The number of carbonyl (C=O) groups is 1. The Labute approximate surface area is 281 Å². The predicted molar refractivity (Wildman–Crippen MR) is 171 cm³/mol. The second-order valence-electron chi connectivity index (χ2n) is 11.4. The van der Waals surface area contributed by atoms with E-state index in [9.17, 15) is 15.0 Å². The molecule has 0 aliphatic heterocycles. The number of pyridine rings is 1. The van der Waals surface area contributed by atoms with Crippen molar-refractivity contribution in [2.75, 3.05) is 5.75 Å². The summed E-state index contributed by atoms with van der Waals surface area (Å²) < 4.78 is 0. The van der Waals surface area contributed by atoms with Crippen LogP contribution in [-0.4, -0.2) is 21.8 Å². The first-order valence-electron chi connectivity index (χ1n) is 14.0. The molecule has 1 fully saturated rings. The molecule has 3 aromatic carbocycles. The smallest absolute Gasteiger partial charge is 0.550 e. The van der Waals surface area contributed by atoms with Crippen molar-refractivity contribution in [1.29, 1.82) is 0 Å². The van der Waals surface area contributed by atoms with E-state index in [4.69, 9.17) is 16.6 Å². The van der Waals surface area contributed by atoms with Crippen LogP contribution < -0.4 is 34.7 Å². The van der Waals surface area contributed by atoms with Crippen LogP contribution in [0, 0.1) is 5.41 Å².